The van der Waals surface area contributed by atoms with Crippen molar-refractivity contribution in [3.8, 4) is 0 Å². The van der Waals surface area contributed by atoms with E-state index in [-0.39, 0.29) is 0 Å². The summed E-state index contributed by atoms with van der Waals surface area (Å²) in [5, 5.41) is 9.13. The molecule has 23 heavy (non-hydrogen) atoms. The Kier molecular flexibility index (Phi) is 5.75. The van der Waals surface area contributed by atoms with Gasteiger partial charge < -0.3 is 5.11 Å². The van der Waals surface area contributed by atoms with E-state index in [0.29, 0.717) is 16.1 Å². The Morgan fingerprint density at radius 2 is 1.61 bits per heavy atom. The summed E-state index contributed by atoms with van der Waals surface area (Å²) in [7, 11) is -3.76. The van der Waals surface area contributed by atoms with Crippen molar-refractivity contribution in [2.75, 3.05) is 6.61 Å². The summed E-state index contributed by atoms with van der Waals surface area (Å²) in [5.41, 5.74) is 1.07. The number of hydrogen-bond acceptors (Lipinski definition) is 3. The lowest BCUT2D eigenvalue weighted by molar-refractivity contribution is 0.258. The second-order valence-corrected chi connectivity index (χ2v) is 7.61. The first-order valence-corrected chi connectivity index (χ1v) is 8.89. The average molecular weight is 358 g/mol. The van der Waals surface area contributed by atoms with Crippen molar-refractivity contribution in [2.24, 2.45) is 0 Å². The van der Waals surface area contributed by atoms with Gasteiger partial charge in [-0.2, -0.15) is 0 Å². The zero-order valence-corrected chi connectivity index (χ0v) is 14.0. The molecule has 0 aliphatic rings. The van der Waals surface area contributed by atoms with E-state index in [1.54, 1.807) is 24.3 Å². The van der Waals surface area contributed by atoms with Crippen molar-refractivity contribution in [1.82, 2.24) is 4.72 Å². The molecular formula is C16H17ClFNO3S. The lowest BCUT2D eigenvalue weighted by atomic mass is 10.1. The molecule has 2 aromatic carbocycles. The van der Waals surface area contributed by atoms with E-state index < -0.39 is 33.7 Å². The highest BCUT2D eigenvalue weighted by molar-refractivity contribution is 7.89. The molecule has 2 N–H and O–H groups in total. The van der Waals surface area contributed by atoms with Crippen LogP contribution in [0, 0.1) is 5.82 Å². The fourth-order valence-corrected chi connectivity index (χ4v) is 3.57. The number of nitrogens with one attached hydrogen (secondary N) is 1. The monoisotopic (exact) mass is 357 g/mol. The first-order valence-electron chi connectivity index (χ1n) is 6.96. The van der Waals surface area contributed by atoms with Gasteiger partial charge in [-0.05, 0) is 42.3 Å². The maximum Gasteiger partial charge on any atom is 0.219 e. The van der Waals surface area contributed by atoms with Crippen molar-refractivity contribution < 1.29 is 17.9 Å². The van der Waals surface area contributed by atoms with Gasteiger partial charge in [-0.15, -0.1) is 0 Å². The van der Waals surface area contributed by atoms with Crippen LogP contribution >= 0.6 is 11.6 Å². The summed E-state index contributed by atoms with van der Waals surface area (Å²) in [6.07, 6.45) is 0. The molecule has 0 aliphatic heterocycles. The third kappa shape index (κ3) is 4.51. The highest BCUT2D eigenvalue weighted by Crippen LogP contribution is 2.24. The summed E-state index contributed by atoms with van der Waals surface area (Å²) < 4.78 is 40.4. The molecular weight excluding hydrogens is 341 g/mol. The number of aliphatic hydroxyl groups is 1. The third-order valence-electron chi connectivity index (χ3n) is 3.57. The second kappa shape index (κ2) is 7.40. The Balaban J connectivity index is 2.21. The van der Waals surface area contributed by atoms with Gasteiger partial charge in [0, 0.05) is 5.02 Å². The molecule has 0 aliphatic carbocycles. The number of halogens is 2. The maximum atomic E-state index is 13.0. The minimum Gasteiger partial charge on any atom is -0.394 e. The SMILES string of the molecule is CC(c1ccc(F)cc1)S(=O)(=O)NC(CO)c1ccc(Cl)cc1. The Labute approximate surface area is 140 Å². The summed E-state index contributed by atoms with van der Waals surface area (Å²) in [5.74, 6) is -0.430. The van der Waals surface area contributed by atoms with Gasteiger partial charge in [0.1, 0.15) is 5.82 Å². The molecule has 124 valence electrons. The molecule has 2 aromatic rings. The van der Waals surface area contributed by atoms with Crippen molar-refractivity contribution in [3.05, 3.63) is 70.5 Å². The van der Waals surface area contributed by atoms with Gasteiger partial charge in [-0.3, -0.25) is 0 Å². The second-order valence-electron chi connectivity index (χ2n) is 5.14. The number of sulfonamides is 1. The molecule has 4 nitrogen and oxygen atoms in total. The fraction of sp³-hybridized carbons (Fsp3) is 0.250. The van der Waals surface area contributed by atoms with Crippen molar-refractivity contribution >= 4 is 21.6 Å². The lowest BCUT2D eigenvalue weighted by Gasteiger charge is -2.20. The van der Waals surface area contributed by atoms with E-state index in [1.165, 1.54) is 31.2 Å². The minimum atomic E-state index is -3.76. The quantitative estimate of drug-likeness (QED) is 0.834. The number of rotatable bonds is 6. The highest BCUT2D eigenvalue weighted by atomic mass is 35.5. The van der Waals surface area contributed by atoms with E-state index in [1.807, 2.05) is 0 Å². The molecule has 0 amide bonds. The molecule has 7 heteroatoms. The van der Waals surface area contributed by atoms with Crippen LogP contribution in [-0.4, -0.2) is 20.1 Å². The normalized spacial score (nSPS) is 14.4. The Hall–Kier alpha value is -1.47. The topological polar surface area (TPSA) is 66.4 Å². The predicted octanol–water partition coefficient (Wildman–Crippen LogP) is 3.19. The Morgan fingerprint density at radius 3 is 2.13 bits per heavy atom. The number of benzene rings is 2. The van der Waals surface area contributed by atoms with E-state index >= 15 is 0 Å². The van der Waals surface area contributed by atoms with Crippen LogP contribution in [0.4, 0.5) is 4.39 Å². The van der Waals surface area contributed by atoms with Crippen molar-refractivity contribution in [1.29, 1.82) is 0 Å². The summed E-state index contributed by atoms with van der Waals surface area (Å²) in [6, 6.07) is 11.0. The zero-order chi connectivity index (χ0) is 17.0. The lowest BCUT2D eigenvalue weighted by Crippen LogP contribution is -2.33. The van der Waals surface area contributed by atoms with Gasteiger partial charge in [0.05, 0.1) is 17.9 Å². The molecule has 0 fully saturated rings. The Bertz CT molecular complexity index is 748. The zero-order valence-electron chi connectivity index (χ0n) is 12.4. The number of aliphatic hydroxyl groups excluding tert-OH is 1. The van der Waals surface area contributed by atoms with Gasteiger partial charge >= 0.3 is 0 Å². The highest BCUT2D eigenvalue weighted by Gasteiger charge is 2.26. The van der Waals surface area contributed by atoms with Crippen LogP contribution < -0.4 is 4.72 Å². The van der Waals surface area contributed by atoms with Crippen LogP contribution in [0.15, 0.2) is 48.5 Å². The summed E-state index contributed by atoms with van der Waals surface area (Å²) in [4.78, 5) is 0. The molecule has 2 atom stereocenters. The van der Waals surface area contributed by atoms with E-state index in [0.717, 1.165) is 0 Å². The minimum absolute atomic E-state index is 0.392. The molecule has 0 saturated heterocycles. The predicted molar refractivity (Wildman–Crippen MR) is 88.1 cm³/mol. The van der Waals surface area contributed by atoms with Gasteiger partial charge in [0.15, 0.2) is 0 Å². The first-order chi connectivity index (χ1) is 10.8. The molecule has 0 spiro atoms. The van der Waals surface area contributed by atoms with Crippen LogP contribution in [0.1, 0.15) is 29.3 Å². The van der Waals surface area contributed by atoms with Crippen LogP contribution in [0.3, 0.4) is 0 Å². The van der Waals surface area contributed by atoms with Gasteiger partial charge in [0.25, 0.3) is 0 Å². The average Bonchev–Trinajstić information content (AvgIpc) is 2.53. The van der Waals surface area contributed by atoms with Crippen molar-refractivity contribution in [2.45, 2.75) is 18.2 Å². The van der Waals surface area contributed by atoms with Crippen LogP contribution in [-0.2, 0) is 10.0 Å². The van der Waals surface area contributed by atoms with Crippen LogP contribution in [0.5, 0.6) is 0 Å². The smallest absolute Gasteiger partial charge is 0.219 e. The van der Waals surface area contributed by atoms with Crippen LogP contribution in [0.25, 0.3) is 0 Å². The van der Waals surface area contributed by atoms with E-state index in [4.69, 9.17) is 11.6 Å². The van der Waals surface area contributed by atoms with E-state index in [2.05, 4.69) is 4.72 Å². The van der Waals surface area contributed by atoms with Gasteiger partial charge in [-0.25, -0.2) is 17.5 Å². The van der Waals surface area contributed by atoms with Gasteiger partial charge in [-0.1, -0.05) is 35.9 Å². The molecule has 0 radical (unpaired) electrons. The fourth-order valence-electron chi connectivity index (χ4n) is 2.12. The summed E-state index contributed by atoms with van der Waals surface area (Å²) >= 11 is 5.80. The molecule has 0 saturated carbocycles. The van der Waals surface area contributed by atoms with Crippen molar-refractivity contribution in [3.63, 3.8) is 0 Å². The molecule has 0 heterocycles. The third-order valence-corrected chi connectivity index (χ3v) is 5.63. The maximum absolute atomic E-state index is 13.0. The summed E-state index contributed by atoms with van der Waals surface area (Å²) in [6.45, 7) is 1.11. The van der Waals surface area contributed by atoms with Gasteiger partial charge in [0.2, 0.25) is 10.0 Å². The number of hydrogen-bond donors (Lipinski definition) is 2. The van der Waals surface area contributed by atoms with E-state index in [9.17, 15) is 17.9 Å². The molecule has 0 aromatic heterocycles. The molecule has 2 rings (SSSR count). The molecule has 2 unspecified atom stereocenters. The first kappa shape index (κ1) is 17.9. The standard InChI is InChI=1S/C16H17ClFNO3S/c1-11(12-4-8-15(18)9-5-12)23(21,22)19-16(10-20)13-2-6-14(17)7-3-13/h2-9,11,16,19-20H,10H2,1H3. The Morgan fingerprint density at radius 1 is 1.09 bits per heavy atom. The van der Waals surface area contributed by atoms with Crippen LogP contribution in [0.2, 0.25) is 5.02 Å². The molecule has 0 bridgehead atoms. The largest absolute Gasteiger partial charge is 0.394 e.